The summed E-state index contributed by atoms with van der Waals surface area (Å²) in [7, 11) is 0. The van der Waals surface area contributed by atoms with Gasteiger partial charge in [-0.25, -0.2) is 0 Å². The quantitative estimate of drug-likeness (QED) is 0.686. The molecule has 2 rings (SSSR count). The van der Waals surface area contributed by atoms with E-state index < -0.39 is 11.9 Å². The van der Waals surface area contributed by atoms with Crippen LogP contribution >= 0.6 is 0 Å². The molecule has 0 saturated heterocycles. The molecule has 0 fully saturated rings. The summed E-state index contributed by atoms with van der Waals surface area (Å²) in [6.45, 7) is 0. The first-order valence-electron chi connectivity index (χ1n) is 5.24. The minimum absolute atomic E-state index is 0.148. The van der Waals surface area contributed by atoms with Crippen molar-refractivity contribution in [1.29, 1.82) is 0 Å². The average molecular weight is 231 g/mol. The van der Waals surface area contributed by atoms with Gasteiger partial charge in [0.15, 0.2) is 0 Å². The number of aromatic amines is 1. The molecule has 0 radical (unpaired) electrons. The number of carbonyl (C=O) groups excluding carboxylic acids is 1. The molecule has 5 N–H and O–H groups in total. The van der Waals surface area contributed by atoms with Crippen LogP contribution in [0.15, 0.2) is 35.1 Å². The number of para-hydroxylation sites is 1. The van der Waals surface area contributed by atoms with Crippen molar-refractivity contribution in [2.24, 2.45) is 11.5 Å². The second kappa shape index (κ2) is 4.39. The molecule has 0 aliphatic rings. The van der Waals surface area contributed by atoms with Crippen LogP contribution in [-0.2, 0) is 11.2 Å². The van der Waals surface area contributed by atoms with E-state index in [1.54, 1.807) is 6.07 Å². The molecule has 0 bridgehead atoms. The zero-order chi connectivity index (χ0) is 12.4. The fourth-order valence-electron chi connectivity index (χ4n) is 1.68. The van der Waals surface area contributed by atoms with E-state index in [0.717, 1.165) is 10.9 Å². The highest BCUT2D eigenvalue weighted by atomic mass is 16.1. The lowest BCUT2D eigenvalue weighted by molar-refractivity contribution is -0.119. The molecule has 1 unspecified atom stereocenters. The Bertz CT molecular complexity index is 618. The highest BCUT2D eigenvalue weighted by molar-refractivity contribution is 5.81. The highest BCUT2D eigenvalue weighted by Gasteiger charge is 2.12. The molecular formula is C12H13N3O2. The molecule has 1 heterocycles. The SMILES string of the molecule is NC(=O)C(N)Cc1cc2ccccc2[nH]c1=O. The molecule has 1 amide bonds. The molecule has 0 aliphatic carbocycles. The largest absolute Gasteiger partial charge is 0.368 e. The fraction of sp³-hybridized carbons (Fsp3) is 0.167. The number of benzene rings is 1. The summed E-state index contributed by atoms with van der Waals surface area (Å²) in [5, 5.41) is 0.902. The highest BCUT2D eigenvalue weighted by Crippen LogP contribution is 2.10. The monoisotopic (exact) mass is 231 g/mol. The number of primary amides is 1. The predicted octanol–water partition coefficient (Wildman–Crippen LogP) is -0.117. The first-order chi connectivity index (χ1) is 8.08. The molecule has 1 aromatic heterocycles. The van der Waals surface area contributed by atoms with Gasteiger partial charge in [0.05, 0.1) is 6.04 Å². The van der Waals surface area contributed by atoms with Gasteiger partial charge in [-0.1, -0.05) is 18.2 Å². The number of carbonyl (C=O) groups is 1. The van der Waals surface area contributed by atoms with Crippen LogP contribution in [0.2, 0.25) is 0 Å². The Morgan fingerprint density at radius 1 is 1.35 bits per heavy atom. The molecule has 1 atom stereocenters. The van der Waals surface area contributed by atoms with E-state index in [-0.39, 0.29) is 12.0 Å². The summed E-state index contributed by atoms with van der Waals surface area (Å²) in [6.07, 6.45) is 0.148. The number of aromatic nitrogens is 1. The van der Waals surface area contributed by atoms with E-state index in [9.17, 15) is 9.59 Å². The normalized spacial score (nSPS) is 12.5. The summed E-state index contributed by atoms with van der Waals surface area (Å²) in [5.41, 5.74) is 11.6. The third-order valence-electron chi connectivity index (χ3n) is 2.64. The number of amides is 1. The van der Waals surface area contributed by atoms with Gasteiger partial charge < -0.3 is 16.5 Å². The number of hydrogen-bond donors (Lipinski definition) is 3. The van der Waals surface area contributed by atoms with E-state index in [0.29, 0.717) is 5.56 Å². The molecule has 2 aromatic rings. The topological polar surface area (TPSA) is 102 Å². The number of fused-ring (bicyclic) bond motifs is 1. The minimum Gasteiger partial charge on any atom is -0.368 e. The standard InChI is InChI=1S/C12H13N3O2/c13-9(11(14)16)6-8-5-7-3-1-2-4-10(7)15-12(8)17/h1-5,9H,6,13H2,(H2,14,16)(H,15,17). The third kappa shape index (κ3) is 2.34. The number of rotatable bonds is 3. The van der Waals surface area contributed by atoms with Crippen LogP contribution in [0, 0.1) is 0 Å². The summed E-state index contributed by atoms with van der Waals surface area (Å²) in [6, 6.07) is 8.30. The lowest BCUT2D eigenvalue weighted by Crippen LogP contribution is -2.39. The van der Waals surface area contributed by atoms with Gasteiger partial charge in [-0.15, -0.1) is 0 Å². The van der Waals surface area contributed by atoms with E-state index >= 15 is 0 Å². The summed E-state index contributed by atoms with van der Waals surface area (Å²) in [5.74, 6) is -0.613. The van der Waals surface area contributed by atoms with Crippen molar-refractivity contribution in [3.8, 4) is 0 Å². The van der Waals surface area contributed by atoms with Crippen LogP contribution in [0.1, 0.15) is 5.56 Å². The summed E-state index contributed by atoms with van der Waals surface area (Å²) >= 11 is 0. The predicted molar refractivity (Wildman–Crippen MR) is 65.4 cm³/mol. The Labute approximate surface area is 97.4 Å². The smallest absolute Gasteiger partial charge is 0.251 e. The molecule has 5 heteroatoms. The van der Waals surface area contributed by atoms with E-state index in [2.05, 4.69) is 4.98 Å². The molecule has 1 aromatic carbocycles. The molecular weight excluding hydrogens is 218 g/mol. The van der Waals surface area contributed by atoms with E-state index in [1.165, 1.54) is 0 Å². The van der Waals surface area contributed by atoms with Crippen LogP contribution in [-0.4, -0.2) is 16.9 Å². The Morgan fingerprint density at radius 2 is 2.06 bits per heavy atom. The van der Waals surface area contributed by atoms with Gasteiger partial charge in [0.1, 0.15) is 0 Å². The van der Waals surface area contributed by atoms with Crippen LogP contribution in [0.5, 0.6) is 0 Å². The molecule has 0 saturated carbocycles. The van der Waals surface area contributed by atoms with Crippen LogP contribution in [0.4, 0.5) is 0 Å². The van der Waals surface area contributed by atoms with Crippen LogP contribution in [0.3, 0.4) is 0 Å². The van der Waals surface area contributed by atoms with Crippen molar-refractivity contribution in [2.45, 2.75) is 12.5 Å². The summed E-state index contributed by atoms with van der Waals surface area (Å²) in [4.78, 5) is 25.3. The lowest BCUT2D eigenvalue weighted by Gasteiger charge is -2.07. The van der Waals surface area contributed by atoms with Crippen molar-refractivity contribution in [3.63, 3.8) is 0 Å². The van der Waals surface area contributed by atoms with Crippen molar-refractivity contribution < 1.29 is 4.79 Å². The lowest BCUT2D eigenvalue weighted by atomic mass is 10.1. The van der Waals surface area contributed by atoms with Crippen molar-refractivity contribution >= 4 is 16.8 Å². The second-order valence-electron chi connectivity index (χ2n) is 3.92. The number of H-pyrrole nitrogens is 1. The molecule has 5 nitrogen and oxygen atoms in total. The van der Waals surface area contributed by atoms with Crippen molar-refractivity contribution in [2.75, 3.05) is 0 Å². The molecule has 0 aliphatic heterocycles. The molecule has 0 spiro atoms. The van der Waals surface area contributed by atoms with Gasteiger partial charge in [-0.2, -0.15) is 0 Å². The first-order valence-corrected chi connectivity index (χ1v) is 5.24. The fourth-order valence-corrected chi connectivity index (χ4v) is 1.68. The maximum atomic E-state index is 11.7. The average Bonchev–Trinajstić information content (AvgIpc) is 2.29. The Hall–Kier alpha value is -2.14. The summed E-state index contributed by atoms with van der Waals surface area (Å²) < 4.78 is 0. The van der Waals surface area contributed by atoms with Gasteiger partial charge in [-0.05, 0) is 17.5 Å². The van der Waals surface area contributed by atoms with Crippen LogP contribution < -0.4 is 17.0 Å². The van der Waals surface area contributed by atoms with Gasteiger partial charge >= 0.3 is 0 Å². The molecule has 88 valence electrons. The number of nitrogens with one attached hydrogen (secondary N) is 1. The Balaban J connectivity index is 2.44. The maximum Gasteiger partial charge on any atom is 0.251 e. The second-order valence-corrected chi connectivity index (χ2v) is 3.92. The van der Waals surface area contributed by atoms with E-state index in [1.807, 2.05) is 24.3 Å². The van der Waals surface area contributed by atoms with Crippen LogP contribution in [0.25, 0.3) is 10.9 Å². The zero-order valence-corrected chi connectivity index (χ0v) is 9.14. The van der Waals surface area contributed by atoms with Gasteiger partial charge in [0.25, 0.3) is 5.56 Å². The number of nitrogens with two attached hydrogens (primary N) is 2. The zero-order valence-electron chi connectivity index (χ0n) is 9.14. The maximum absolute atomic E-state index is 11.7. The van der Waals surface area contributed by atoms with Gasteiger partial charge in [-0.3, -0.25) is 9.59 Å². The van der Waals surface area contributed by atoms with Gasteiger partial charge in [0.2, 0.25) is 5.91 Å². The first kappa shape index (κ1) is 11.3. The van der Waals surface area contributed by atoms with E-state index in [4.69, 9.17) is 11.5 Å². The third-order valence-corrected chi connectivity index (χ3v) is 2.64. The van der Waals surface area contributed by atoms with Gasteiger partial charge in [0, 0.05) is 17.5 Å². The number of hydrogen-bond acceptors (Lipinski definition) is 3. The number of pyridine rings is 1. The Morgan fingerprint density at radius 3 is 2.76 bits per heavy atom. The van der Waals surface area contributed by atoms with Crippen molar-refractivity contribution in [3.05, 3.63) is 46.2 Å². The minimum atomic E-state index is -0.836. The Kier molecular flexibility index (Phi) is 2.93. The molecule has 17 heavy (non-hydrogen) atoms. The van der Waals surface area contributed by atoms with Crippen molar-refractivity contribution in [1.82, 2.24) is 4.98 Å².